The van der Waals surface area contributed by atoms with E-state index in [9.17, 15) is 5.11 Å². The third-order valence-electron chi connectivity index (χ3n) is 2.79. The van der Waals surface area contributed by atoms with Gasteiger partial charge in [0.2, 0.25) is 0 Å². The molecule has 1 aromatic carbocycles. The van der Waals surface area contributed by atoms with E-state index < -0.39 is 0 Å². The summed E-state index contributed by atoms with van der Waals surface area (Å²) in [5, 5.41) is 16.6. The number of phenolic OH excluding ortho intramolecular Hbond substituents is 1. The second-order valence-electron chi connectivity index (χ2n) is 5.85. The predicted molar refractivity (Wildman–Crippen MR) is 103 cm³/mol. The molecule has 5 nitrogen and oxygen atoms in total. The van der Waals surface area contributed by atoms with Crippen LogP contribution >= 0.6 is 24.0 Å². The molecule has 126 valence electrons. The molecule has 0 unspecified atom stereocenters. The minimum atomic E-state index is -0.0426. The Morgan fingerprint density at radius 2 is 2.00 bits per heavy atom. The second-order valence-corrected chi connectivity index (χ2v) is 5.85. The molecule has 0 atom stereocenters. The summed E-state index contributed by atoms with van der Waals surface area (Å²) in [6.07, 6.45) is 0.656. The molecule has 0 amide bonds. The molecule has 3 N–H and O–H groups in total. The largest absolute Gasteiger partial charge is 0.504 e. The lowest BCUT2D eigenvalue weighted by atomic mass is 10.1. The molecule has 22 heavy (non-hydrogen) atoms. The van der Waals surface area contributed by atoms with Gasteiger partial charge in [-0.3, -0.25) is 4.99 Å². The van der Waals surface area contributed by atoms with Crippen LogP contribution in [-0.2, 0) is 6.42 Å². The molecule has 0 fully saturated rings. The molecule has 0 aliphatic rings. The zero-order valence-corrected chi connectivity index (χ0v) is 16.4. The van der Waals surface area contributed by atoms with Crippen molar-refractivity contribution in [2.45, 2.75) is 39.7 Å². The molecule has 0 aliphatic heterocycles. The van der Waals surface area contributed by atoms with Crippen LogP contribution in [-0.4, -0.2) is 36.8 Å². The van der Waals surface area contributed by atoms with Crippen LogP contribution in [0.5, 0.6) is 11.5 Å². The number of aromatic hydroxyl groups is 1. The Bertz CT molecular complexity index is 485. The van der Waals surface area contributed by atoms with Crippen molar-refractivity contribution in [3.05, 3.63) is 23.8 Å². The number of guanidine groups is 1. The molecule has 6 heteroatoms. The Morgan fingerprint density at radius 3 is 2.55 bits per heavy atom. The van der Waals surface area contributed by atoms with Crippen molar-refractivity contribution >= 4 is 29.9 Å². The molecule has 0 saturated carbocycles. The summed E-state index contributed by atoms with van der Waals surface area (Å²) < 4.78 is 5.11. The van der Waals surface area contributed by atoms with Gasteiger partial charge in [-0.1, -0.05) is 12.1 Å². The number of aliphatic imine (C=N–C) groups is 1. The molecular formula is C16H28IN3O2. The quantitative estimate of drug-likeness (QED) is 0.389. The third-order valence-corrected chi connectivity index (χ3v) is 2.79. The number of nitrogens with one attached hydrogen (secondary N) is 2. The standard InChI is InChI=1S/C16H27N3O2.HI/c1-6-17-15(19-16(2,3)4)18-11-10-12-8-7-9-13(21-5)14(12)20;/h7-9,20H,6,10-11H2,1-5H3,(H2,17,18,19);1H. The van der Waals surface area contributed by atoms with Crippen molar-refractivity contribution in [2.24, 2.45) is 4.99 Å². The first-order chi connectivity index (χ1) is 9.87. The van der Waals surface area contributed by atoms with Crippen LogP contribution in [0, 0.1) is 0 Å². The number of halogens is 1. The Kier molecular flexibility index (Phi) is 9.24. The lowest BCUT2D eigenvalue weighted by molar-refractivity contribution is 0.370. The summed E-state index contributed by atoms with van der Waals surface area (Å²) in [5.74, 6) is 1.48. The number of phenols is 1. The predicted octanol–water partition coefficient (Wildman–Crippen LogP) is 2.91. The van der Waals surface area contributed by atoms with Crippen LogP contribution in [0.15, 0.2) is 23.2 Å². The fourth-order valence-corrected chi connectivity index (χ4v) is 1.88. The third kappa shape index (κ3) is 7.20. The molecule has 0 saturated heterocycles. The number of nitrogens with zero attached hydrogens (tertiary/aromatic N) is 1. The zero-order valence-electron chi connectivity index (χ0n) is 14.1. The van der Waals surface area contributed by atoms with E-state index in [0.29, 0.717) is 18.7 Å². The normalized spacial score (nSPS) is 11.6. The summed E-state index contributed by atoms with van der Waals surface area (Å²) in [7, 11) is 1.55. The maximum Gasteiger partial charge on any atom is 0.191 e. The second kappa shape index (κ2) is 9.76. The van der Waals surface area contributed by atoms with E-state index in [0.717, 1.165) is 18.1 Å². The summed E-state index contributed by atoms with van der Waals surface area (Å²) in [6.45, 7) is 9.71. The van der Waals surface area contributed by atoms with Crippen LogP contribution in [0.4, 0.5) is 0 Å². The average Bonchev–Trinajstić information content (AvgIpc) is 2.39. The van der Waals surface area contributed by atoms with E-state index in [1.807, 2.05) is 19.1 Å². The van der Waals surface area contributed by atoms with E-state index in [-0.39, 0.29) is 35.3 Å². The number of hydrogen-bond acceptors (Lipinski definition) is 3. The van der Waals surface area contributed by atoms with Gasteiger partial charge in [0.05, 0.1) is 7.11 Å². The van der Waals surface area contributed by atoms with Crippen LogP contribution < -0.4 is 15.4 Å². The Morgan fingerprint density at radius 1 is 1.32 bits per heavy atom. The fourth-order valence-electron chi connectivity index (χ4n) is 1.88. The first-order valence-corrected chi connectivity index (χ1v) is 7.28. The van der Waals surface area contributed by atoms with Crippen molar-refractivity contribution < 1.29 is 9.84 Å². The van der Waals surface area contributed by atoms with Crippen molar-refractivity contribution in [2.75, 3.05) is 20.2 Å². The summed E-state index contributed by atoms with van der Waals surface area (Å²) in [5.41, 5.74) is 0.795. The highest BCUT2D eigenvalue weighted by Crippen LogP contribution is 2.29. The number of para-hydroxylation sites is 1. The number of rotatable bonds is 5. The first kappa shape index (κ1) is 20.8. The Balaban J connectivity index is 0.00000441. The lowest BCUT2D eigenvalue weighted by Gasteiger charge is -2.23. The van der Waals surface area contributed by atoms with E-state index >= 15 is 0 Å². The van der Waals surface area contributed by atoms with Crippen molar-refractivity contribution in [3.63, 3.8) is 0 Å². The fraction of sp³-hybridized carbons (Fsp3) is 0.562. The highest BCUT2D eigenvalue weighted by molar-refractivity contribution is 14.0. The smallest absolute Gasteiger partial charge is 0.191 e. The molecule has 1 aromatic rings. The van der Waals surface area contributed by atoms with Gasteiger partial charge < -0.3 is 20.5 Å². The number of benzene rings is 1. The van der Waals surface area contributed by atoms with E-state index in [2.05, 4.69) is 36.4 Å². The maximum absolute atomic E-state index is 10.0. The number of methoxy groups -OCH3 is 1. The van der Waals surface area contributed by atoms with Gasteiger partial charge in [-0.05, 0) is 45.7 Å². The van der Waals surface area contributed by atoms with Crippen LogP contribution in [0.3, 0.4) is 0 Å². The molecule has 0 aliphatic carbocycles. The van der Waals surface area contributed by atoms with E-state index in [1.54, 1.807) is 13.2 Å². The Hall–Kier alpha value is -1.18. The van der Waals surface area contributed by atoms with Crippen molar-refractivity contribution in [1.29, 1.82) is 0 Å². The molecule has 0 heterocycles. The lowest BCUT2D eigenvalue weighted by Crippen LogP contribution is -2.47. The van der Waals surface area contributed by atoms with Gasteiger partial charge >= 0.3 is 0 Å². The van der Waals surface area contributed by atoms with Gasteiger partial charge in [-0.15, -0.1) is 24.0 Å². The van der Waals surface area contributed by atoms with Crippen LogP contribution in [0.25, 0.3) is 0 Å². The van der Waals surface area contributed by atoms with Gasteiger partial charge in [0, 0.05) is 18.6 Å². The van der Waals surface area contributed by atoms with Crippen LogP contribution in [0.2, 0.25) is 0 Å². The molecule has 0 radical (unpaired) electrons. The highest BCUT2D eigenvalue weighted by Gasteiger charge is 2.12. The summed E-state index contributed by atoms with van der Waals surface area (Å²) in [6, 6.07) is 5.50. The van der Waals surface area contributed by atoms with Crippen molar-refractivity contribution in [1.82, 2.24) is 10.6 Å². The highest BCUT2D eigenvalue weighted by atomic mass is 127. The maximum atomic E-state index is 10.0. The molecule has 0 bridgehead atoms. The topological polar surface area (TPSA) is 65.9 Å². The number of ether oxygens (including phenoxy) is 1. The van der Waals surface area contributed by atoms with Gasteiger partial charge in [-0.2, -0.15) is 0 Å². The molecular weight excluding hydrogens is 393 g/mol. The summed E-state index contributed by atoms with van der Waals surface area (Å²) >= 11 is 0. The molecule has 1 rings (SSSR count). The molecule has 0 aromatic heterocycles. The zero-order chi connectivity index (χ0) is 15.9. The Labute approximate surface area is 150 Å². The minimum Gasteiger partial charge on any atom is -0.504 e. The van der Waals surface area contributed by atoms with Gasteiger partial charge in [0.25, 0.3) is 0 Å². The van der Waals surface area contributed by atoms with Gasteiger partial charge in [0.15, 0.2) is 17.5 Å². The van der Waals surface area contributed by atoms with Gasteiger partial charge in [0.1, 0.15) is 0 Å². The van der Waals surface area contributed by atoms with Crippen LogP contribution in [0.1, 0.15) is 33.3 Å². The monoisotopic (exact) mass is 421 g/mol. The first-order valence-electron chi connectivity index (χ1n) is 7.28. The van der Waals surface area contributed by atoms with Gasteiger partial charge in [-0.25, -0.2) is 0 Å². The summed E-state index contributed by atoms with van der Waals surface area (Å²) in [4.78, 5) is 4.53. The minimum absolute atomic E-state index is 0. The average molecular weight is 421 g/mol. The van der Waals surface area contributed by atoms with Crippen molar-refractivity contribution in [3.8, 4) is 11.5 Å². The van der Waals surface area contributed by atoms with E-state index in [1.165, 1.54) is 0 Å². The number of hydrogen-bond donors (Lipinski definition) is 3. The van der Waals surface area contributed by atoms with E-state index in [4.69, 9.17) is 4.74 Å². The molecule has 0 spiro atoms. The SMILES string of the molecule is CCNC(=NCCc1cccc(OC)c1O)NC(C)(C)C.I.